The van der Waals surface area contributed by atoms with Crippen LogP contribution in [0.2, 0.25) is 0 Å². The second kappa shape index (κ2) is 8.00. The maximum Gasteiger partial charge on any atom is 0.217 e. The zero-order chi connectivity index (χ0) is 20.6. The maximum atomic E-state index is 13.4. The average Bonchev–Trinajstić information content (AvgIpc) is 3.42. The van der Waals surface area contributed by atoms with E-state index >= 15 is 0 Å². The molecule has 2 aromatic rings. The summed E-state index contributed by atoms with van der Waals surface area (Å²) in [6.07, 6.45) is 1.70. The summed E-state index contributed by atoms with van der Waals surface area (Å²) in [5.74, 6) is 0.0676. The summed E-state index contributed by atoms with van der Waals surface area (Å²) < 4.78 is 44.3. The van der Waals surface area contributed by atoms with Crippen molar-refractivity contribution in [1.82, 2.24) is 14.6 Å². The Bertz CT molecular complexity index is 1030. The summed E-state index contributed by atoms with van der Waals surface area (Å²) in [5.41, 5.74) is 1.16. The number of hydrogen-bond acceptors (Lipinski definition) is 8. The van der Waals surface area contributed by atoms with E-state index in [4.69, 9.17) is 4.63 Å². The van der Waals surface area contributed by atoms with Crippen molar-refractivity contribution in [2.75, 3.05) is 25.0 Å². The quantitative estimate of drug-likeness (QED) is 0.332. The largest absolute Gasteiger partial charge is 0.411 e. The van der Waals surface area contributed by atoms with E-state index in [-0.39, 0.29) is 34.8 Å². The SMILES string of the molecule is O=S(=O)(C1CC1)N1CC(CNc2nonc2/C(Cc2ccc(F)c(Br)c2)=N/O)C1. The number of oxime groups is 1. The molecule has 4 rings (SSSR count). The summed E-state index contributed by atoms with van der Waals surface area (Å²) in [6, 6.07) is 4.48. The van der Waals surface area contributed by atoms with Gasteiger partial charge in [0.15, 0.2) is 11.5 Å². The van der Waals surface area contributed by atoms with Gasteiger partial charge in [-0.05, 0) is 56.8 Å². The Morgan fingerprint density at radius 3 is 2.79 bits per heavy atom. The van der Waals surface area contributed by atoms with Crippen molar-refractivity contribution in [2.45, 2.75) is 24.5 Å². The number of anilines is 1. The standard InChI is InChI=1S/C17H19BrFN5O4S/c18-13-5-10(1-4-14(13)19)6-15(21-25)16-17(23-28-22-16)20-7-11-8-24(9-11)29(26,27)12-2-3-12/h1,4-5,11-12,25H,2-3,6-9H2,(H,20,23)/b21-15+. The summed E-state index contributed by atoms with van der Waals surface area (Å²) in [5, 5.41) is 23.2. The average molecular weight is 488 g/mol. The van der Waals surface area contributed by atoms with E-state index in [0.717, 1.165) is 12.8 Å². The Labute approximate surface area is 175 Å². The van der Waals surface area contributed by atoms with Gasteiger partial charge in [-0.25, -0.2) is 21.7 Å². The number of aromatic nitrogens is 2. The Kier molecular flexibility index (Phi) is 5.58. The highest BCUT2D eigenvalue weighted by Crippen LogP contribution is 2.34. The number of benzene rings is 1. The van der Waals surface area contributed by atoms with Crippen LogP contribution in [0.1, 0.15) is 24.1 Å². The molecule has 12 heteroatoms. The van der Waals surface area contributed by atoms with Crippen molar-refractivity contribution in [1.29, 1.82) is 0 Å². The fourth-order valence-electron chi connectivity index (χ4n) is 3.18. The van der Waals surface area contributed by atoms with E-state index in [1.807, 2.05) is 0 Å². The first-order chi connectivity index (χ1) is 13.9. The molecule has 2 aliphatic rings. The lowest BCUT2D eigenvalue weighted by molar-refractivity contribution is 0.211. The monoisotopic (exact) mass is 487 g/mol. The van der Waals surface area contributed by atoms with Crippen molar-refractivity contribution < 1.29 is 22.6 Å². The van der Waals surface area contributed by atoms with Gasteiger partial charge in [-0.3, -0.25) is 0 Å². The van der Waals surface area contributed by atoms with E-state index in [9.17, 15) is 18.0 Å². The predicted molar refractivity (Wildman–Crippen MR) is 106 cm³/mol. The molecule has 1 aliphatic heterocycles. The lowest BCUT2D eigenvalue weighted by Crippen LogP contribution is -2.53. The number of nitrogens with zero attached hydrogens (tertiary/aromatic N) is 4. The summed E-state index contributed by atoms with van der Waals surface area (Å²) >= 11 is 3.12. The first-order valence-corrected chi connectivity index (χ1v) is 11.4. The minimum absolute atomic E-state index is 0.149. The van der Waals surface area contributed by atoms with Crippen LogP contribution in [-0.4, -0.2) is 58.8 Å². The summed E-state index contributed by atoms with van der Waals surface area (Å²) in [6.45, 7) is 1.42. The molecule has 1 saturated heterocycles. The van der Waals surface area contributed by atoms with E-state index in [2.05, 4.69) is 36.7 Å². The van der Waals surface area contributed by atoms with Gasteiger partial charge in [0.05, 0.1) is 9.72 Å². The fourth-order valence-corrected chi connectivity index (χ4v) is 5.60. The van der Waals surface area contributed by atoms with Crippen LogP contribution in [0.3, 0.4) is 0 Å². The third-order valence-corrected chi connectivity index (χ3v) is 7.97. The molecule has 0 spiro atoms. The summed E-state index contributed by atoms with van der Waals surface area (Å²) in [4.78, 5) is 0. The minimum atomic E-state index is -3.12. The van der Waals surface area contributed by atoms with Crippen LogP contribution < -0.4 is 5.32 Å². The number of nitrogens with one attached hydrogen (secondary N) is 1. The topological polar surface area (TPSA) is 121 Å². The van der Waals surface area contributed by atoms with Crippen molar-refractivity contribution >= 4 is 37.5 Å². The molecule has 2 heterocycles. The molecule has 9 nitrogen and oxygen atoms in total. The van der Waals surface area contributed by atoms with Gasteiger partial charge < -0.3 is 10.5 Å². The predicted octanol–water partition coefficient (Wildman–Crippen LogP) is 2.23. The molecule has 0 radical (unpaired) electrons. The van der Waals surface area contributed by atoms with Crippen LogP contribution in [0.25, 0.3) is 0 Å². The zero-order valence-electron chi connectivity index (χ0n) is 15.3. The number of rotatable bonds is 8. The molecule has 0 bridgehead atoms. The second-order valence-electron chi connectivity index (χ2n) is 7.24. The van der Waals surface area contributed by atoms with Crippen LogP contribution >= 0.6 is 15.9 Å². The van der Waals surface area contributed by atoms with Crippen molar-refractivity contribution in [3.8, 4) is 0 Å². The zero-order valence-corrected chi connectivity index (χ0v) is 17.7. The Morgan fingerprint density at radius 1 is 1.38 bits per heavy atom. The third-order valence-electron chi connectivity index (χ3n) is 5.03. The van der Waals surface area contributed by atoms with Crippen LogP contribution in [0.5, 0.6) is 0 Å². The molecule has 29 heavy (non-hydrogen) atoms. The van der Waals surface area contributed by atoms with Crippen LogP contribution in [0.4, 0.5) is 10.2 Å². The molecule has 1 aromatic carbocycles. The molecule has 156 valence electrons. The summed E-state index contributed by atoms with van der Waals surface area (Å²) in [7, 11) is -3.12. The van der Waals surface area contributed by atoms with Crippen molar-refractivity contribution in [3.05, 3.63) is 39.7 Å². The number of sulfonamides is 1. The first kappa shape index (κ1) is 20.2. The normalized spacial score (nSPS) is 18.6. The Morgan fingerprint density at radius 2 is 2.14 bits per heavy atom. The lowest BCUT2D eigenvalue weighted by Gasteiger charge is -2.38. The van der Waals surface area contributed by atoms with E-state index in [0.29, 0.717) is 35.5 Å². The van der Waals surface area contributed by atoms with Crippen LogP contribution in [0, 0.1) is 11.7 Å². The molecular formula is C17H19BrFN5O4S. The molecule has 0 amide bonds. The maximum absolute atomic E-state index is 13.4. The smallest absolute Gasteiger partial charge is 0.217 e. The highest BCUT2D eigenvalue weighted by atomic mass is 79.9. The Hall–Kier alpha value is -2.05. The minimum Gasteiger partial charge on any atom is -0.411 e. The van der Waals surface area contributed by atoms with E-state index in [1.165, 1.54) is 10.4 Å². The van der Waals surface area contributed by atoms with Gasteiger partial charge in [-0.15, -0.1) is 0 Å². The van der Waals surface area contributed by atoms with Gasteiger partial charge in [-0.1, -0.05) is 11.2 Å². The molecule has 0 unspecified atom stereocenters. The van der Waals surface area contributed by atoms with E-state index in [1.54, 1.807) is 12.1 Å². The first-order valence-electron chi connectivity index (χ1n) is 9.09. The van der Waals surface area contributed by atoms with Gasteiger partial charge in [0.1, 0.15) is 11.5 Å². The fraction of sp³-hybridized carbons (Fsp3) is 0.471. The highest BCUT2D eigenvalue weighted by molar-refractivity contribution is 9.10. The van der Waals surface area contributed by atoms with Crippen molar-refractivity contribution in [3.63, 3.8) is 0 Å². The molecule has 2 fully saturated rings. The molecule has 2 N–H and O–H groups in total. The van der Waals surface area contributed by atoms with Gasteiger partial charge in [0, 0.05) is 32.0 Å². The van der Waals surface area contributed by atoms with Crippen molar-refractivity contribution in [2.24, 2.45) is 11.1 Å². The second-order valence-corrected chi connectivity index (χ2v) is 10.3. The third kappa shape index (κ3) is 4.28. The molecule has 0 atom stereocenters. The highest BCUT2D eigenvalue weighted by Gasteiger charge is 2.45. The number of halogens is 2. The number of hydrogen-bond donors (Lipinski definition) is 2. The van der Waals surface area contributed by atoms with E-state index < -0.39 is 10.0 Å². The molecule has 1 aliphatic carbocycles. The van der Waals surface area contributed by atoms with Gasteiger partial charge in [0.25, 0.3) is 0 Å². The van der Waals surface area contributed by atoms with Crippen LogP contribution in [0.15, 0.2) is 32.5 Å². The van der Waals surface area contributed by atoms with Gasteiger partial charge in [0.2, 0.25) is 10.0 Å². The molecular weight excluding hydrogens is 469 g/mol. The molecule has 1 saturated carbocycles. The molecule has 1 aromatic heterocycles. The lowest BCUT2D eigenvalue weighted by atomic mass is 10.0. The van der Waals surface area contributed by atoms with Crippen LogP contribution in [-0.2, 0) is 16.4 Å². The Balaban J connectivity index is 1.36. The van der Waals surface area contributed by atoms with Gasteiger partial charge in [-0.2, -0.15) is 0 Å². The van der Waals surface area contributed by atoms with Gasteiger partial charge >= 0.3 is 0 Å².